The van der Waals surface area contributed by atoms with Gasteiger partial charge in [-0.25, -0.2) is 0 Å². The molecule has 0 saturated carbocycles. The molecule has 1 aromatic heterocycles. The Balaban J connectivity index is 2.30. The summed E-state index contributed by atoms with van der Waals surface area (Å²) in [5.74, 6) is 0. The van der Waals surface area contributed by atoms with Crippen LogP contribution < -0.4 is 0 Å². The molecule has 0 aliphatic rings. The number of hydrogen-bond donors (Lipinski definition) is 0. The molecule has 0 spiro atoms. The first kappa shape index (κ1) is 13.3. The van der Waals surface area contributed by atoms with E-state index in [0.29, 0.717) is 12.2 Å². The molecule has 0 unspecified atom stereocenters. The number of nitriles is 1. The second-order valence-electron chi connectivity index (χ2n) is 4.23. The Morgan fingerprint density at radius 1 is 1.26 bits per heavy atom. The molecule has 0 N–H and O–H groups in total. The van der Waals surface area contributed by atoms with E-state index in [1.807, 2.05) is 38.1 Å². The van der Waals surface area contributed by atoms with Crippen LogP contribution in [-0.4, -0.2) is 11.6 Å². The maximum Gasteiger partial charge on any atom is 0.101 e. The largest absolute Gasteiger partial charge is 0.374 e. The Bertz CT molecular complexity index is 584. The van der Waals surface area contributed by atoms with Gasteiger partial charge in [0.2, 0.25) is 0 Å². The van der Waals surface area contributed by atoms with E-state index >= 15 is 0 Å². The molecule has 1 atom stereocenters. The van der Waals surface area contributed by atoms with Gasteiger partial charge in [-0.1, -0.05) is 24.3 Å². The number of ether oxygens (including phenoxy) is 1. The minimum Gasteiger partial charge on any atom is -0.374 e. The first-order chi connectivity index (χ1) is 9.26. The van der Waals surface area contributed by atoms with Gasteiger partial charge in [-0.2, -0.15) is 5.26 Å². The SMILES string of the molecule is CCO[C@H](C)c1ccc(-c2ncccc2C#N)cc1. The van der Waals surface area contributed by atoms with Crippen molar-refractivity contribution < 1.29 is 4.74 Å². The normalized spacial score (nSPS) is 11.8. The third kappa shape index (κ3) is 2.98. The molecule has 2 rings (SSSR count). The molecule has 0 saturated heterocycles. The average Bonchev–Trinajstić information content (AvgIpc) is 2.47. The Morgan fingerprint density at radius 2 is 2.00 bits per heavy atom. The van der Waals surface area contributed by atoms with Gasteiger partial charge < -0.3 is 4.74 Å². The van der Waals surface area contributed by atoms with Crippen LogP contribution in [0.4, 0.5) is 0 Å². The summed E-state index contributed by atoms with van der Waals surface area (Å²) in [6.07, 6.45) is 1.78. The van der Waals surface area contributed by atoms with E-state index in [-0.39, 0.29) is 6.10 Å². The number of pyridine rings is 1. The number of hydrogen-bond acceptors (Lipinski definition) is 3. The van der Waals surface area contributed by atoms with Crippen LogP contribution in [0, 0.1) is 11.3 Å². The van der Waals surface area contributed by atoms with Gasteiger partial charge >= 0.3 is 0 Å². The molecule has 19 heavy (non-hydrogen) atoms. The summed E-state index contributed by atoms with van der Waals surface area (Å²) >= 11 is 0. The van der Waals surface area contributed by atoms with E-state index < -0.39 is 0 Å². The van der Waals surface area contributed by atoms with Crippen LogP contribution in [0.5, 0.6) is 0 Å². The molecule has 1 heterocycles. The lowest BCUT2D eigenvalue weighted by Crippen LogP contribution is -1.99. The molecular formula is C16H16N2O. The van der Waals surface area contributed by atoms with Crippen molar-refractivity contribution >= 4 is 0 Å². The van der Waals surface area contributed by atoms with E-state index in [4.69, 9.17) is 10.00 Å². The van der Waals surface area contributed by atoms with Gasteiger partial charge in [0.05, 0.1) is 17.4 Å². The number of rotatable bonds is 4. The zero-order chi connectivity index (χ0) is 13.7. The van der Waals surface area contributed by atoms with Crippen molar-refractivity contribution in [3.05, 3.63) is 53.7 Å². The van der Waals surface area contributed by atoms with Gasteiger partial charge in [-0.05, 0) is 31.5 Å². The predicted octanol–water partition coefficient (Wildman–Crippen LogP) is 3.72. The van der Waals surface area contributed by atoms with Crippen LogP contribution in [0.1, 0.15) is 31.1 Å². The Hall–Kier alpha value is -2.18. The summed E-state index contributed by atoms with van der Waals surface area (Å²) in [5, 5.41) is 9.08. The third-order valence-corrected chi connectivity index (χ3v) is 3.00. The number of benzene rings is 1. The molecule has 0 amide bonds. The zero-order valence-corrected chi connectivity index (χ0v) is 11.1. The van der Waals surface area contributed by atoms with E-state index in [1.54, 1.807) is 18.3 Å². The molecule has 3 heteroatoms. The van der Waals surface area contributed by atoms with Crippen molar-refractivity contribution in [1.82, 2.24) is 4.98 Å². The quantitative estimate of drug-likeness (QED) is 0.833. The van der Waals surface area contributed by atoms with Crippen LogP contribution in [-0.2, 0) is 4.74 Å². The van der Waals surface area contributed by atoms with Gasteiger partial charge in [-0.15, -0.1) is 0 Å². The monoisotopic (exact) mass is 252 g/mol. The van der Waals surface area contributed by atoms with Crippen LogP contribution in [0.25, 0.3) is 11.3 Å². The Kier molecular flexibility index (Phi) is 4.27. The van der Waals surface area contributed by atoms with Crippen LogP contribution >= 0.6 is 0 Å². The number of aromatic nitrogens is 1. The maximum absolute atomic E-state index is 9.08. The van der Waals surface area contributed by atoms with Crippen molar-refractivity contribution in [1.29, 1.82) is 5.26 Å². The highest BCUT2D eigenvalue weighted by atomic mass is 16.5. The molecule has 0 fully saturated rings. The molecule has 96 valence electrons. The van der Waals surface area contributed by atoms with Gasteiger partial charge in [0.25, 0.3) is 0 Å². The Morgan fingerprint density at radius 3 is 2.63 bits per heavy atom. The van der Waals surface area contributed by atoms with Crippen molar-refractivity contribution in [2.45, 2.75) is 20.0 Å². The Labute approximate surface area is 113 Å². The second-order valence-corrected chi connectivity index (χ2v) is 4.23. The van der Waals surface area contributed by atoms with Gasteiger partial charge in [0.15, 0.2) is 0 Å². The van der Waals surface area contributed by atoms with Crippen molar-refractivity contribution in [3.8, 4) is 17.3 Å². The molecule has 3 nitrogen and oxygen atoms in total. The molecule has 0 aliphatic heterocycles. The molecule has 2 aromatic rings. The van der Waals surface area contributed by atoms with E-state index in [1.165, 1.54) is 0 Å². The third-order valence-electron chi connectivity index (χ3n) is 3.00. The summed E-state index contributed by atoms with van der Waals surface area (Å²) < 4.78 is 5.55. The molecular weight excluding hydrogens is 236 g/mol. The summed E-state index contributed by atoms with van der Waals surface area (Å²) in [7, 11) is 0. The van der Waals surface area contributed by atoms with Crippen molar-refractivity contribution in [2.24, 2.45) is 0 Å². The van der Waals surface area contributed by atoms with Crippen molar-refractivity contribution in [2.75, 3.05) is 6.61 Å². The molecule has 1 aromatic carbocycles. The fourth-order valence-corrected chi connectivity index (χ4v) is 1.98. The fourth-order valence-electron chi connectivity index (χ4n) is 1.98. The molecule has 0 radical (unpaired) electrons. The van der Waals surface area contributed by atoms with E-state index in [0.717, 1.165) is 16.8 Å². The minimum absolute atomic E-state index is 0.0817. The first-order valence-corrected chi connectivity index (χ1v) is 6.33. The zero-order valence-electron chi connectivity index (χ0n) is 11.1. The van der Waals surface area contributed by atoms with E-state index in [2.05, 4.69) is 11.1 Å². The maximum atomic E-state index is 9.08. The highest BCUT2D eigenvalue weighted by Gasteiger charge is 2.08. The average molecular weight is 252 g/mol. The summed E-state index contributed by atoms with van der Waals surface area (Å²) in [5.41, 5.74) is 3.39. The summed E-state index contributed by atoms with van der Waals surface area (Å²) in [6.45, 7) is 4.71. The predicted molar refractivity (Wildman–Crippen MR) is 74.4 cm³/mol. The first-order valence-electron chi connectivity index (χ1n) is 6.33. The lowest BCUT2D eigenvalue weighted by Gasteiger charge is -2.12. The van der Waals surface area contributed by atoms with Gasteiger partial charge in [0, 0.05) is 18.4 Å². The fraction of sp³-hybridized carbons (Fsp3) is 0.250. The van der Waals surface area contributed by atoms with Crippen molar-refractivity contribution in [3.63, 3.8) is 0 Å². The summed E-state index contributed by atoms with van der Waals surface area (Å²) in [6, 6.07) is 13.7. The highest BCUT2D eigenvalue weighted by Crippen LogP contribution is 2.24. The van der Waals surface area contributed by atoms with Crippen LogP contribution in [0.15, 0.2) is 42.6 Å². The molecule has 0 aliphatic carbocycles. The number of nitrogens with zero attached hydrogens (tertiary/aromatic N) is 2. The smallest absolute Gasteiger partial charge is 0.101 e. The van der Waals surface area contributed by atoms with Gasteiger partial charge in [-0.3, -0.25) is 4.98 Å². The topological polar surface area (TPSA) is 45.9 Å². The van der Waals surface area contributed by atoms with Crippen LogP contribution in [0.3, 0.4) is 0 Å². The highest BCUT2D eigenvalue weighted by molar-refractivity contribution is 5.66. The van der Waals surface area contributed by atoms with Crippen LogP contribution in [0.2, 0.25) is 0 Å². The van der Waals surface area contributed by atoms with E-state index in [9.17, 15) is 0 Å². The molecule has 0 bridgehead atoms. The minimum atomic E-state index is 0.0817. The standard InChI is InChI=1S/C16H16N2O/c1-3-19-12(2)13-6-8-14(9-7-13)16-15(11-17)5-4-10-18-16/h4-10,12H,3H2,1-2H3/t12-/m1/s1. The lowest BCUT2D eigenvalue weighted by molar-refractivity contribution is 0.0764. The second kappa shape index (κ2) is 6.12. The van der Waals surface area contributed by atoms with Gasteiger partial charge in [0.1, 0.15) is 6.07 Å². The summed E-state index contributed by atoms with van der Waals surface area (Å²) in [4.78, 5) is 4.28. The lowest BCUT2D eigenvalue weighted by atomic mass is 10.0.